The monoisotopic (exact) mass is 492 g/mol. The Labute approximate surface area is 211 Å². The number of H-pyrrole nitrogens is 2. The Hall–Kier alpha value is -3.95. The number of piperidine rings is 1. The molecule has 0 radical (unpaired) electrons. The minimum absolute atomic E-state index is 0.669. The summed E-state index contributed by atoms with van der Waals surface area (Å²) in [6, 6.07) is 10.2. The Morgan fingerprint density at radius 1 is 0.889 bits per heavy atom. The van der Waals surface area contributed by atoms with Crippen molar-refractivity contribution in [2.75, 3.05) is 13.1 Å². The van der Waals surface area contributed by atoms with Crippen molar-refractivity contribution in [3.8, 4) is 34.0 Å². The minimum Gasteiger partial charge on any atom is -0.336 e. The lowest BCUT2D eigenvalue weighted by atomic mass is 10.1. The predicted molar refractivity (Wildman–Crippen MR) is 142 cm³/mol. The van der Waals surface area contributed by atoms with E-state index in [1.807, 2.05) is 36.0 Å². The molecule has 1 aliphatic heterocycles. The van der Waals surface area contributed by atoms with Crippen LogP contribution in [-0.2, 0) is 6.54 Å². The van der Waals surface area contributed by atoms with Crippen molar-refractivity contribution < 1.29 is 0 Å². The molecule has 0 bridgehead atoms. The third kappa shape index (κ3) is 3.86. The molecule has 1 fully saturated rings. The van der Waals surface area contributed by atoms with Crippen molar-refractivity contribution >= 4 is 33.4 Å². The van der Waals surface area contributed by atoms with Crippen LogP contribution in [0.25, 0.3) is 56.1 Å². The maximum atomic E-state index is 4.99. The van der Waals surface area contributed by atoms with E-state index in [2.05, 4.69) is 47.6 Å². The van der Waals surface area contributed by atoms with E-state index in [-0.39, 0.29) is 0 Å². The molecular formula is C27H24N8S. The Morgan fingerprint density at radius 2 is 1.81 bits per heavy atom. The molecule has 7 heterocycles. The Balaban J connectivity index is 1.26. The zero-order chi connectivity index (χ0) is 23.9. The van der Waals surface area contributed by atoms with Crippen LogP contribution in [-0.4, -0.2) is 53.1 Å². The number of imidazole rings is 1. The molecule has 9 heteroatoms. The van der Waals surface area contributed by atoms with Gasteiger partial charge in [0.1, 0.15) is 11.0 Å². The molecule has 0 aromatic carbocycles. The van der Waals surface area contributed by atoms with Gasteiger partial charge in [0.15, 0.2) is 11.5 Å². The van der Waals surface area contributed by atoms with Crippen LogP contribution in [0.4, 0.5) is 0 Å². The average molecular weight is 493 g/mol. The molecule has 178 valence electrons. The highest BCUT2D eigenvalue weighted by molar-refractivity contribution is 7.08. The first-order valence-corrected chi connectivity index (χ1v) is 13.2. The summed E-state index contributed by atoms with van der Waals surface area (Å²) in [5, 5.41) is 11.8. The standard InChI is InChI=1S/C27H24N8S/c1-2-9-35(10-3-1)15-17-12-19(14-28-13-17)20-4-5-22-25(30-20)26(34-33-22)27-31-21-6-8-29-23(24(21)32-27)18-7-11-36-16-18/h4-8,11-14,16H,1-3,9-10,15H2,(H,31,32)(H,33,34). The molecule has 0 amide bonds. The molecule has 0 spiro atoms. The number of fused-ring (bicyclic) bond motifs is 2. The number of pyridine rings is 3. The summed E-state index contributed by atoms with van der Waals surface area (Å²) >= 11 is 1.65. The van der Waals surface area contributed by atoms with E-state index in [9.17, 15) is 0 Å². The third-order valence-corrected chi connectivity index (χ3v) is 7.46. The zero-order valence-electron chi connectivity index (χ0n) is 19.6. The Morgan fingerprint density at radius 3 is 2.69 bits per heavy atom. The van der Waals surface area contributed by atoms with E-state index in [1.54, 1.807) is 17.5 Å². The number of rotatable bonds is 5. The van der Waals surface area contributed by atoms with Crippen molar-refractivity contribution in [2.45, 2.75) is 25.8 Å². The minimum atomic E-state index is 0.669. The summed E-state index contributed by atoms with van der Waals surface area (Å²) in [5.41, 5.74) is 9.10. The molecule has 6 aromatic heterocycles. The van der Waals surface area contributed by atoms with Gasteiger partial charge in [-0.15, -0.1) is 0 Å². The van der Waals surface area contributed by atoms with Gasteiger partial charge in [0.2, 0.25) is 0 Å². The number of likely N-dealkylation sites (tertiary alicyclic amines) is 1. The van der Waals surface area contributed by atoms with Crippen LogP contribution in [0.3, 0.4) is 0 Å². The maximum Gasteiger partial charge on any atom is 0.161 e. The second kappa shape index (κ2) is 8.92. The second-order valence-electron chi connectivity index (χ2n) is 9.24. The van der Waals surface area contributed by atoms with Crippen LogP contribution in [0.15, 0.2) is 59.7 Å². The zero-order valence-corrected chi connectivity index (χ0v) is 20.4. The molecule has 6 aromatic rings. The number of thiophene rings is 1. The number of hydrogen-bond acceptors (Lipinski definition) is 7. The normalized spacial score (nSPS) is 14.7. The van der Waals surface area contributed by atoms with Gasteiger partial charge in [0.25, 0.3) is 0 Å². The first kappa shape index (κ1) is 21.3. The molecule has 2 N–H and O–H groups in total. The first-order valence-electron chi connectivity index (χ1n) is 12.2. The molecule has 0 aliphatic carbocycles. The van der Waals surface area contributed by atoms with E-state index in [0.29, 0.717) is 11.5 Å². The van der Waals surface area contributed by atoms with E-state index < -0.39 is 0 Å². The summed E-state index contributed by atoms with van der Waals surface area (Å²) in [5.74, 6) is 0.669. The van der Waals surface area contributed by atoms with Crippen LogP contribution in [0.1, 0.15) is 24.8 Å². The van der Waals surface area contributed by atoms with Crippen LogP contribution in [0.2, 0.25) is 0 Å². The van der Waals surface area contributed by atoms with Crippen LogP contribution in [0.5, 0.6) is 0 Å². The molecule has 1 saturated heterocycles. The summed E-state index contributed by atoms with van der Waals surface area (Å²) in [6.45, 7) is 3.25. The van der Waals surface area contributed by atoms with Crippen molar-refractivity contribution in [3.63, 3.8) is 0 Å². The average Bonchev–Trinajstić information content (AvgIpc) is 3.68. The van der Waals surface area contributed by atoms with Crippen molar-refractivity contribution in [1.29, 1.82) is 0 Å². The largest absolute Gasteiger partial charge is 0.336 e. The molecule has 0 saturated carbocycles. The first-order chi connectivity index (χ1) is 17.8. The van der Waals surface area contributed by atoms with E-state index in [0.717, 1.165) is 64.2 Å². The van der Waals surface area contributed by atoms with Crippen molar-refractivity contribution in [1.82, 2.24) is 40.0 Å². The summed E-state index contributed by atoms with van der Waals surface area (Å²) < 4.78 is 0. The molecule has 1 aliphatic rings. The SMILES string of the molecule is c1cc2[nH]c(-c3n[nH]c4ccc(-c5cncc(CN6CCCCC6)c5)nc34)nc2c(-c2ccsc2)n1. The number of aromatic nitrogens is 7. The third-order valence-electron chi connectivity index (χ3n) is 6.77. The van der Waals surface area contributed by atoms with Crippen LogP contribution >= 0.6 is 11.3 Å². The lowest BCUT2D eigenvalue weighted by Crippen LogP contribution is -2.29. The molecular weight excluding hydrogens is 468 g/mol. The smallest absolute Gasteiger partial charge is 0.161 e. The van der Waals surface area contributed by atoms with Gasteiger partial charge >= 0.3 is 0 Å². The fraction of sp³-hybridized carbons (Fsp3) is 0.222. The van der Waals surface area contributed by atoms with Gasteiger partial charge in [-0.3, -0.25) is 20.0 Å². The summed E-state index contributed by atoms with van der Waals surface area (Å²) in [6.07, 6.45) is 9.55. The second-order valence-corrected chi connectivity index (χ2v) is 10.0. The van der Waals surface area contributed by atoms with Gasteiger partial charge in [0, 0.05) is 41.6 Å². The number of hydrogen-bond donors (Lipinski definition) is 2. The molecule has 7 rings (SSSR count). The van der Waals surface area contributed by atoms with Gasteiger partial charge in [-0.05, 0) is 67.2 Å². The highest BCUT2D eigenvalue weighted by Crippen LogP contribution is 2.31. The quantitative estimate of drug-likeness (QED) is 0.322. The lowest BCUT2D eigenvalue weighted by molar-refractivity contribution is 0.220. The Kier molecular flexibility index (Phi) is 5.29. The van der Waals surface area contributed by atoms with Crippen LogP contribution < -0.4 is 0 Å². The highest BCUT2D eigenvalue weighted by Gasteiger charge is 2.18. The van der Waals surface area contributed by atoms with Gasteiger partial charge in [0.05, 0.1) is 22.4 Å². The van der Waals surface area contributed by atoms with Crippen molar-refractivity contribution in [3.05, 3.63) is 65.2 Å². The van der Waals surface area contributed by atoms with E-state index >= 15 is 0 Å². The highest BCUT2D eigenvalue weighted by atomic mass is 32.1. The number of nitrogens with zero attached hydrogens (tertiary/aromatic N) is 6. The number of nitrogens with one attached hydrogen (secondary N) is 2. The fourth-order valence-electron chi connectivity index (χ4n) is 4.97. The van der Waals surface area contributed by atoms with Gasteiger partial charge in [-0.1, -0.05) is 6.42 Å². The number of aromatic amines is 2. The molecule has 0 atom stereocenters. The summed E-state index contributed by atoms with van der Waals surface area (Å²) in [7, 11) is 0. The molecule has 36 heavy (non-hydrogen) atoms. The predicted octanol–water partition coefficient (Wildman–Crippen LogP) is 5.67. The lowest BCUT2D eigenvalue weighted by Gasteiger charge is -2.26. The summed E-state index contributed by atoms with van der Waals surface area (Å²) in [4.78, 5) is 24.9. The Bertz CT molecular complexity index is 1660. The topological polar surface area (TPSA) is 99.3 Å². The van der Waals surface area contributed by atoms with Gasteiger partial charge in [-0.2, -0.15) is 16.4 Å². The van der Waals surface area contributed by atoms with Crippen LogP contribution in [0, 0.1) is 0 Å². The fourth-order valence-corrected chi connectivity index (χ4v) is 5.61. The maximum absolute atomic E-state index is 4.99. The van der Waals surface area contributed by atoms with Gasteiger partial charge < -0.3 is 4.98 Å². The van der Waals surface area contributed by atoms with Gasteiger partial charge in [-0.25, -0.2) is 9.97 Å². The van der Waals surface area contributed by atoms with Crippen molar-refractivity contribution in [2.24, 2.45) is 0 Å². The molecule has 0 unspecified atom stereocenters. The molecule has 8 nitrogen and oxygen atoms in total. The van der Waals surface area contributed by atoms with E-state index in [1.165, 1.54) is 24.8 Å². The van der Waals surface area contributed by atoms with E-state index in [4.69, 9.17) is 9.97 Å².